The third-order valence-electron chi connectivity index (χ3n) is 7.86. The van der Waals surface area contributed by atoms with Gasteiger partial charge in [0, 0.05) is 50.0 Å². The summed E-state index contributed by atoms with van der Waals surface area (Å²) in [6.45, 7) is 4.15. The number of nitrogens with zero attached hydrogens (tertiary/aromatic N) is 4. The van der Waals surface area contributed by atoms with Gasteiger partial charge in [-0.1, -0.05) is 26.2 Å². The monoisotopic (exact) mass is 590 g/mol. The van der Waals surface area contributed by atoms with Crippen molar-refractivity contribution in [2.75, 3.05) is 31.5 Å². The molecule has 41 heavy (non-hydrogen) atoms. The number of amides is 3. The van der Waals surface area contributed by atoms with Crippen molar-refractivity contribution < 1.29 is 27.9 Å². The van der Waals surface area contributed by atoms with E-state index in [2.05, 4.69) is 15.0 Å². The Hall–Kier alpha value is -3.32. The maximum Gasteiger partial charge on any atom is 0.317 e. The summed E-state index contributed by atoms with van der Waals surface area (Å²) < 4.78 is 36.3. The first-order chi connectivity index (χ1) is 19.5. The van der Waals surface area contributed by atoms with Gasteiger partial charge < -0.3 is 29.5 Å². The largest absolute Gasteiger partial charge is 0.488 e. The first-order valence-corrected chi connectivity index (χ1v) is 15.7. The van der Waals surface area contributed by atoms with Crippen LogP contribution < -0.4 is 14.8 Å². The van der Waals surface area contributed by atoms with Gasteiger partial charge in [-0.2, -0.15) is 8.42 Å². The zero-order chi connectivity index (χ0) is 29.7. The van der Waals surface area contributed by atoms with Crippen molar-refractivity contribution >= 4 is 27.6 Å². The van der Waals surface area contributed by atoms with E-state index >= 15 is 0 Å². The smallest absolute Gasteiger partial charge is 0.317 e. The summed E-state index contributed by atoms with van der Waals surface area (Å²) in [6.07, 6.45) is 7.66. The van der Waals surface area contributed by atoms with E-state index in [1.54, 1.807) is 49.0 Å². The number of likely N-dealkylation sites (N-methyl/N-ethyl adjacent to an activating group) is 1. The third kappa shape index (κ3) is 7.70. The summed E-state index contributed by atoms with van der Waals surface area (Å²) in [5, 5.41) is 12.9. The number of benzene rings is 1. The Morgan fingerprint density at radius 2 is 2.00 bits per heavy atom. The summed E-state index contributed by atoms with van der Waals surface area (Å²) in [5.41, 5.74) is 0.764. The van der Waals surface area contributed by atoms with Crippen molar-refractivity contribution in [2.24, 2.45) is 13.0 Å². The second-order valence-corrected chi connectivity index (χ2v) is 13.0. The lowest BCUT2D eigenvalue weighted by Crippen LogP contribution is -2.50. The molecule has 2 aliphatic rings. The van der Waals surface area contributed by atoms with Crippen LogP contribution in [0.5, 0.6) is 5.75 Å². The molecule has 1 aromatic heterocycles. The normalized spacial score (nSPS) is 21.1. The number of aromatic nitrogens is 2. The van der Waals surface area contributed by atoms with Crippen LogP contribution in [0.4, 0.5) is 10.5 Å². The number of rotatable bonds is 8. The van der Waals surface area contributed by atoms with Gasteiger partial charge in [0.05, 0.1) is 31.9 Å². The SMILES string of the molecule is C[C@@H]1CN([C@@H](C)CO)C(=O)Cc2cc(NS(=O)(=O)c3cn(C)cn3)ccc2O[C@H]1CN(C)C(=O)NC1CCCCC1. The summed E-state index contributed by atoms with van der Waals surface area (Å²) in [6, 6.07) is 4.39. The van der Waals surface area contributed by atoms with Gasteiger partial charge in [-0.3, -0.25) is 9.52 Å². The number of imidazole rings is 1. The molecule has 1 aliphatic carbocycles. The van der Waals surface area contributed by atoms with E-state index < -0.39 is 22.2 Å². The Kier molecular flexibility index (Phi) is 9.80. The highest BCUT2D eigenvalue weighted by molar-refractivity contribution is 7.92. The highest BCUT2D eigenvalue weighted by Crippen LogP contribution is 2.30. The Morgan fingerprint density at radius 1 is 1.27 bits per heavy atom. The first-order valence-electron chi connectivity index (χ1n) is 14.2. The first kappa shape index (κ1) is 30.6. The van der Waals surface area contributed by atoms with Crippen LogP contribution in [0.2, 0.25) is 0 Å². The zero-order valence-corrected chi connectivity index (χ0v) is 25.1. The molecule has 3 N–H and O–H groups in total. The Morgan fingerprint density at radius 3 is 2.66 bits per heavy atom. The van der Waals surface area contributed by atoms with Gasteiger partial charge in [-0.25, -0.2) is 9.78 Å². The number of fused-ring (bicyclic) bond motifs is 1. The Balaban J connectivity index is 1.59. The highest BCUT2D eigenvalue weighted by atomic mass is 32.2. The summed E-state index contributed by atoms with van der Waals surface area (Å²) >= 11 is 0. The molecule has 1 aromatic carbocycles. The summed E-state index contributed by atoms with van der Waals surface area (Å²) in [7, 11) is -0.534. The third-order valence-corrected chi connectivity index (χ3v) is 9.12. The lowest BCUT2D eigenvalue weighted by Gasteiger charge is -2.34. The fraction of sp³-hybridized carbons (Fsp3) is 0.607. The highest BCUT2D eigenvalue weighted by Gasteiger charge is 2.32. The molecule has 12 nitrogen and oxygen atoms in total. The number of aryl methyl sites for hydroxylation is 1. The Labute approximate surface area is 242 Å². The fourth-order valence-corrected chi connectivity index (χ4v) is 6.36. The standard InChI is InChI=1S/C28H42N6O6S/c1-19-14-34(20(2)17-35)27(36)13-21-12-23(31-41(38,39)26-16-32(3)18-29-26)10-11-24(21)40-25(19)15-33(4)28(37)30-22-8-6-5-7-9-22/h10-12,16,18-20,22,25,31,35H,5-9,13-15,17H2,1-4H3,(H,30,37)/t19-,20+,25+/m1/s1. The Bertz CT molecular complexity index is 1330. The molecule has 2 heterocycles. The van der Waals surface area contributed by atoms with Crippen molar-refractivity contribution in [1.82, 2.24) is 24.7 Å². The average Bonchev–Trinajstić information content (AvgIpc) is 3.40. The molecular weight excluding hydrogens is 548 g/mol. The van der Waals surface area contributed by atoms with Crippen LogP contribution >= 0.6 is 0 Å². The minimum atomic E-state index is -3.94. The molecule has 0 unspecified atom stereocenters. The van der Waals surface area contributed by atoms with E-state index in [0.29, 0.717) is 17.9 Å². The number of aliphatic hydroxyl groups excluding tert-OH is 1. The number of carbonyl (C=O) groups excluding carboxylic acids is 2. The molecule has 2 aromatic rings. The van der Waals surface area contributed by atoms with E-state index in [9.17, 15) is 23.1 Å². The number of nitrogens with one attached hydrogen (secondary N) is 2. The number of urea groups is 1. The molecule has 3 amide bonds. The molecule has 1 aliphatic heterocycles. The minimum Gasteiger partial charge on any atom is -0.488 e. The molecule has 0 saturated heterocycles. The molecule has 0 radical (unpaired) electrons. The van der Waals surface area contributed by atoms with Gasteiger partial charge in [0.15, 0.2) is 5.03 Å². The molecule has 4 rings (SSSR count). The average molecular weight is 591 g/mol. The zero-order valence-electron chi connectivity index (χ0n) is 24.2. The molecule has 226 valence electrons. The number of anilines is 1. The number of hydrogen-bond acceptors (Lipinski definition) is 7. The van der Waals surface area contributed by atoms with Gasteiger partial charge >= 0.3 is 6.03 Å². The van der Waals surface area contributed by atoms with Crippen LogP contribution in [0.3, 0.4) is 0 Å². The van der Waals surface area contributed by atoms with E-state index in [-0.39, 0.29) is 54.2 Å². The topological polar surface area (TPSA) is 146 Å². The van der Waals surface area contributed by atoms with Gasteiger partial charge in [0.25, 0.3) is 10.0 Å². The van der Waals surface area contributed by atoms with Crippen LogP contribution in [0.25, 0.3) is 0 Å². The number of sulfonamides is 1. The van der Waals surface area contributed by atoms with Gasteiger partial charge in [-0.15, -0.1) is 0 Å². The van der Waals surface area contributed by atoms with Gasteiger partial charge in [-0.05, 0) is 38.0 Å². The van der Waals surface area contributed by atoms with Crippen molar-refractivity contribution in [1.29, 1.82) is 0 Å². The second-order valence-electron chi connectivity index (χ2n) is 11.4. The van der Waals surface area contributed by atoms with Crippen LogP contribution in [-0.4, -0.2) is 89.7 Å². The molecule has 3 atom stereocenters. The molecule has 1 fully saturated rings. The number of carbonyl (C=O) groups is 2. The van der Waals surface area contributed by atoms with Crippen molar-refractivity contribution in [3.63, 3.8) is 0 Å². The van der Waals surface area contributed by atoms with Crippen molar-refractivity contribution in [3.8, 4) is 5.75 Å². The van der Waals surface area contributed by atoms with E-state index in [0.717, 1.165) is 25.7 Å². The maximum absolute atomic E-state index is 13.4. The van der Waals surface area contributed by atoms with Gasteiger partial charge in [0.1, 0.15) is 11.9 Å². The molecular formula is C28H42N6O6S. The molecule has 13 heteroatoms. The predicted molar refractivity (Wildman–Crippen MR) is 154 cm³/mol. The molecule has 1 saturated carbocycles. The van der Waals surface area contributed by atoms with Crippen LogP contribution in [0, 0.1) is 5.92 Å². The second kappa shape index (κ2) is 13.1. The summed E-state index contributed by atoms with van der Waals surface area (Å²) in [4.78, 5) is 33.6. The van der Waals surface area contributed by atoms with Crippen molar-refractivity contribution in [3.05, 3.63) is 36.3 Å². The van der Waals surface area contributed by atoms with Crippen molar-refractivity contribution in [2.45, 2.75) is 75.6 Å². The van der Waals surface area contributed by atoms with E-state index in [1.807, 2.05) is 6.92 Å². The van der Waals surface area contributed by atoms with E-state index in [4.69, 9.17) is 4.74 Å². The predicted octanol–water partition coefficient (Wildman–Crippen LogP) is 2.34. The van der Waals surface area contributed by atoms with Crippen LogP contribution in [-0.2, 0) is 28.3 Å². The number of hydrogen-bond donors (Lipinski definition) is 3. The lowest BCUT2D eigenvalue weighted by atomic mass is 9.96. The quantitative estimate of drug-likeness (QED) is 0.428. The maximum atomic E-state index is 13.4. The van der Waals surface area contributed by atoms with E-state index in [1.165, 1.54) is 23.5 Å². The fourth-order valence-electron chi connectivity index (χ4n) is 5.33. The molecule has 0 spiro atoms. The molecule has 0 bridgehead atoms. The number of ether oxygens (including phenoxy) is 1. The van der Waals surface area contributed by atoms with Crippen LogP contribution in [0.15, 0.2) is 35.7 Å². The summed E-state index contributed by atoms with van der Waals surface area (Å²) in [5.74, 6) is 0.0544. The van der Waals surface area contributed by atoms with Crippen LogP contribution in [0.1, 0.15) is 51.5 Å². The lowest BCUT2D eigenvalue weighted by molar-refractivity contribution is -0.134. The minimum absolute atomic E-state index is 0.0454. The number of aliphatic hydroxyl groups is 1. The van der Waals surface area contributed by atoms with Gasteiger partial charge in [0.2, 0.25) is 5.91 Å².